The van der Waals surface area contributed by atoms with Gasteiger partial charge >= 0.3 is 0 Å². The zero-order valence-electron chi connectivity index (χ0n) is 21.6. The minimum atomic E-state index is -0.510. The SMILES string of the molecule is COc1ccc2c(c1)[C@]1(CC1c1ccc3c(/C=C/c4ccc(N5CCN(C)CC5)nc4)n[nH]c3c1)C(=O)N2. The molecule has 1 saturated carbocycles. The number of hydrogen-bond donors (Lipinski definition) is 2. The lowest BCUT2D eigenvalue weighted by molar-refractivity contribution is -0.118. The van der Waals surface area contributed by atoms with E-state index in [0.29, 0.717) is 0 Å². The van der Waals surface area contributed by atoms with Crippen molar-refractivity contribution in [3.63, 3.8) is 0 Å². The van der Waals surface area contributed by atoms with Crippen LogP contribution in [0.4, 0.5) is 11.5 Å². The summed E-state index contributed by atoms with van der Waals surface area (Å²) >= 11 is 0. The lowest BCUT2D eigenvalue weighted by Gasteiger charge is -2.33. The molecule has 8 heteroatoms. The Balaban J connectivity index is 1.09. The molecule has 0 radical (unpaired) electrons. The number of nitrogens with zero attached hydrogens (tertiary/aromatic N) is 4. The fraction of sp³-hybridized carbons (Fsp3) is 0.300. The van der Waals surface area contributed by atoms with Crippen molar-refractivity contribution in [2.45, 2.75) is 17.8 Å². The zero-order chi connectivity index (χ0) is 25.9. The Morgan fingerprint density at radius 3 is 2.71 bits per heavy atom. The number of aromatic amines is 1. The molecule has 1 spiro atoms. The number of piperazine rings is 1. The number of H-pyrrole nitrogens is 1. The van der Waals surface area contributed by atoms with Crippen molar-refractivity contribution in [1.29, 1.82) is 0 Å². The number of ether oxygens (including phenoxy) is 1. The lowest BCUT2D eigenvalue weighted by atomic mass is 9.91. The molecule has 4 aromatic rings. The van der Waals surface area contributed by atoms with E-state index in [0.717, 1.165) is 83.1 Å². The highest BCUT2D eigenvalue weighted by molar-refractivity contribution is 6.10. The molecule has 3 aliphatic rings. The number of fused-ring (bicyclic) bond motifs is 3. The van der Waals surface area contributed by atoms with Crippen molar-refractivity contribution < 1.29 is 9.53 Å². The molecule has 2 N–H and O–H groups in total. The molecule has 2 aromatic heterocycles. The lowest BCUT2D eigenvalue weighted by Crippen LogP contribution is -2.44. The predicted octanol–water partition coefficient (Wildman–Crippen LogP) is 4.27. The molecule has 38 heavy (non-hydrogen) atoms. The van der Waals surface area contributed by atoms with Crippen LogP contribution in [-0.2, 0) is 10.2 Å². The number of nitrogens with one attached hydrogen (secondary N) is 2. The van der Waals surface area contributed by atoms with E-state index in [9.17, 15) is 4.79 Å². The van der Waals surface area contributed by atoms with Gasteiger partial charge in [0.1, 0.15) is 11.6 Å². The van der Waals surface area contributed by atoms with Gasteiger partial charge < -0.3 is 19.9 Å². The van der Waals surface area contributed by atoms with Gasteiger partial charge in [0.15, 0.2) is 0 Å². The van der Waals surface area contributed by atoms with Crippen LogP contribution in [0.1, 0.15) is 34.7 Å². The third-order valence-corrected chi connectivity index (χ3v) is 8.37. The molecule has 1 unspecified atom stereocenters. The molecule has 0 bridgehead atoms. The molecule has 7 rings (SSSR count). The summed E-state index contributed by atoms with van der Waals surface area (Å²) in [5.74, 6) is 2.01. The first-order chi connectivity index (χ1) is 18.5. The smallest absolute Gasteiger partial charge is 0.235 e. The number of carbonyl (C=O) groups excluding carboxylic acids is 1. The molecule has 1 amide bonds. The monoisotopic (exact) mass is 506 g/mol. The second-order valence-electron chi connectivity index (χ2n) is 10.6. The van der Waals surface area contributed by atoms with Crippen LogP contribution in [0.2, 0.25) is 0 Å². The van der Waals surface area contributed by atoms with Crippen molar-refractivity contribution in [2.75, 3.05) is 50.6 Å². The van der Waals surface area contributed by atoms with E-state index < -0.39 is 5.41 Å². The van der Waals surface area contributed by atoms with Gasteiger partial charge in [-0.3, -0.25) is 9.89 Å². The van der Waals surface area contributed by atoms with Gasteiger partial charge in [-0.15, -0.1) is 0 Å². The first kappa shape index (κ1) is 23.0. The topological polar surface area (TPSA) is 86.4 Å². The highest BCUT2D eigenvalue weighted by Crippen LogP contribution is 2.65. The zero-order valence-corrected chi connectivity index (χ0v) is 21.6. The largest absolute Gasteiger partial charge is 0.497 e. The normalized spacial score (nSPS) is 22.8. The van der Waals surface area contributed by atoms with Crippen LogP contribution < -0.4 is 15.0 Å². The number of benzene rings is 2. The molecule has 1 aliphatic carbocycles. The van der Waals surface area contributed by atoms with Gasteiger partial charge in [0.25, 0.3) is 0 Å². The number of amides is 1. The molecule has 2 fully saturated rings. The van der Waals surface area contributed by atoms with E-state index in [1.165, 1.54) is 0 Å². The summed E-state index contributed by atoms with van der Waals surface area (Å²) < 4.78 is 5.42. The summed E-state index contributed by atoms with van der Waals surface area (Å²) in [5.41, 5.74) is 5.45. The van der Waals surface area contributed by atoms with Crippen molar-refractivity contribution >= 4 is 40.5 Å². The van der Waals surface area contributed by atoms with E-state index in [1.54, 1.807) is 7.11 Å². The fourth-order valence-electron chi connectivity index (χ4n) is 5.99. The van der Waals surface area contributed by atoms with Gasteiger partial charge in [-0.2, -0.15) is 5.10 Å². The summed E-state index contributed by atoms with van der Waals surface area (Å²) in [4.78, 5) is 22.4. The first-order valence-electron chi connectivity index (χ1n) is 13.1. The standard InChI is InChI=1S/C30H30N6O2/c1-35-11-13-36(14-12-35)28-10-4-19(18-31-28)3-8-25-22-7-5-20(15-27(22)34-33-25)24-17-30(24)23-16-21(38-2)6-9-26(23)32-29(30)37/h3-10,15-16,18,24H,11-14,17H2,1-2H3,(H,32,37)(H,33,34)/b8-3+/t24?,30-/m0/s1. The van der Waals surface area contributed by atoms with Crippen LogP contribution in [0.3, 0.4) is 0 Å². The molecular weight excluding hydrogens is 476 g/mol. The Morgan fingerprint density at radius 2 is 1.92 bits per heavy atom. The van der Waals surface area contributed by atoms with Crippen LogP contribution in [0.25, 0.3) is 23.1 Å². The number of pyridine rings is 1. The number of aromatic nitrogens is 3. The Hall–Kier alpha value is -4.17. The van der Waals surface area contributed by atoms with Crippen LogP contribution >= 0.6 is 0 Å². The summed E-state index contributed by atoms with van der Waals surface area (Å²) in [6.45, 7) is 4.14. The van der Waals surface area contributed by atoms with Crippen molar-refractivity contribution in [3.05, 3.63) is 77.1 Å². The second-order valence-corrected chi connectivity index (χ2v) is 10.6. The maximum absolute atomic E-state index is 13.0. The third kappa shape index (κ3) is 3.67. The van der Waals surface area contributed by atoms with Crippen LogP contribution in [0.15, 0.2) is 54.7 Å². The van der Waals surface area contributed by atoms with Crippen molar-refractivity contribution in [3.8, 4) is 5.75 Å². The number of methoxy groups -OCH3 is 1. The second kappa shape index (κ2) is 8.70. The minimum Gasteiger partial charge on any atom is -0.497 e. The number of rotatable bonds is 5. The Labute approximate surface area is 221 Å². The summed E-state index contributed by atoms with van der Waals surface area (Å²) in [7, 11) is 3.81. The molecule has 2 aliphatic heterocycles. The van der Waals surface area contributed by atoms with Crippen LogP contribution in [-0.4, -0.2) is 66.3 Å². The Morgan fingerprint density at radius 1 is 1.05 bits per heavy atom. The van der Waals surface area contributed by atoms with E-state index in [-0.39, 0.29) is 11.8 Å². The number of anilines is 2. The van der Waals surface area contributed by atoms with Gasteiger partial charge in [0.2, 0.25) is 5.91 Å². The Kier molecular flexibility index (Phi) is 5.26. The highest BCUT2D eigenvalue weighted by Gasteiger charge is 2.65. The average Bonchev–Trinajstić information content (AvgIpc) is 3.49. The number of likely N-dealkylation sites (N-methyl/N-ethyl adjacent to an activating group) is 1. The summed E-state index contributed by atoms with van der Waals surface area (Å²) in [5, 5.41) is 11.9. The van der Waals surface area contributed by atoms with Gasteiger partial charge in [0.05, 0.1) is 23.7 Å². The van der Waals surface area contributed by atoms with Crippen molar-refractivity contribution in [2.24, 2.45) is 0 Å². The van der Waals surface area contributed by atoms with E-state index >= 15 is 0 Å². The summed E-state index contributed by atoms with van der Waals surface area (Å²) in [6.07, 6.45) is 6.79. The molecule has 192 valence electrons. The van der Waals surface area contributed by atoms with E-state index in [1.807, 2.05) is 36.5 Å². The summed E-state index contributed by atoms with van der Waals surface area (Å²) in [6, 6.07) is 16.4. The average molecular weight is 507 g/mol. The third-order valence-electron chi connectivity index (χ3n) is 8.37. The number of hydrogen-bond acceptors (Lipinski definition) is 6. The maximum atomic E-state index is 13.0. The quantitative estimate of drug-likeness (QED) is 0.421. The molecule has 2 aromatic carbocycles. The van der Waals surface area contributed by atoms with Crippen molar-refractivity contribution in [1.82, 2.24) is 20.1 Å². The maximum Gasteiger partial charge on any atom is 0.235 e. The fourth-order valence-corrected chi connectivity index (χ4v) is 5.99. The van der Waals surface area contributed by atoms with Gasteiger partial charge in [-0.05, 0) is 72.6 Å². The minimum absolute atomic E-state index is 0.0753. The van der Waals surface area contributed by atoms with Gasteiger partial charge in [-0.25, -0.2) is 4.98 Å². The molecular formula is C30H30N6O2. The first-order valence-corrected chi connectivity index (χ1v) is 13.1. The number of carbonyl (C=O) groups is 1. The van der Waals surface area contributed by atoms with Crippen LogP contribution in [0.5, 0.6) is 5.75 Å². The van der Waals surface area contributed by atoms with Crippen LogP contribution in [0, 0.1) is 0 Å². The molecule has 2 atom stereocenters. The van der Waals surface area contributed by atoms with Gasteiger partial charge in [-0.1, -0.05) is 18.2 Å². The molecule has 8 nitrogen and oxygen atoms in total. The van der Waals surface area contributed by atoms with E-state index in [2.05, 4.69) is 67.7 Å². The molecule has 4 heterocycles. The highest BCUT2D eigenvalue weighted by atomic mass is 16.5. The van der Waals surface area contributed by atoms with E-state index in [4.69, 9.17) is 4.74 Å². The predicted molar refractivity (Wildman–Crippen MR) is 150 cm³/mol. The Bertz CT molecular complexity index is 1570. The molecule has 1 saturated heterocycles. The van der Waals surface area contributed by atoms with Gasteiger partial charge in [0, 0.05) is 49.4 Å².